The van der Waals surface area contributed by atoms with Gasteiger partial charge in [0.05, 0.1) is 17.4 Å². The van der Waals surface area contributed by atoms with Crippen LogP contribution in [-0.4, -0.2) is 40.2 Å². The van der Waals surface area contributed by atoms with Crippen molar-refractivity contribution in [3.63, 3.8) is 0 Å². The molecule has 0 aromatic carbocycles. The average Bonchev–Trinajstić information content (AvgIpc) is 2.74. The van der Waals surface area contributed by atoms with Gasteiger partial charge in [-0.15, -0.1) is 12.4 Å². The van der Waals surface area contributed by atoms with Crippen LogP contribution in [0.5, 0.6) is 0 Å². The van der Waals surface area contributed by atoms with Gasteiger partial charge in [0.15, 0.2) is 0 Å². The van der Waals surface area contributed by atoms with E-state index in [0.29, 0.717) is 6.54 Å². The van der Waals surface area contributed by atoms with E-state index in [-0.39, 0.29) is 36.7 Å². The first kappa shape index (κ1) is 16.3. The summed E-state index contributed by atoms with van der Waals surface area (Å²) in [7, 11) is 1.80. The van der Waals surface area contributed by atoms with Gasteiger partial charge in [0.2, 0.25) is 5.91 Å². The summed E-state index contributed by atoms with van der Waals surface area (Å²) in [6.07, 6.45) is 1.40. The van der Waals surface area contributed by atoms with Gasteiger partial charge >= 0.3 is 5.82 Å². The predicted molar refractivity (Wildman–Crippen MR) is 67.7 cm³/mol. The normalized spacial score (nSPS) is 11.4. The van der Waals surface area contributed by atoms with Crippen molar-refractivity contribution in [2.24, 2.45) is 0 Å². The van der Waals surface area contributed by atoms with E-state index >= 15 is 0 Å². The smallest absolute Gasteiger partial charge is 0.358 e. The molecule has 18 heavy (non-hydrogen) atoms. The zero-order valence-electron chi connectivity index (χ0n) is 10.1. The third kappa shape index (κ3) is 5.11. The number of hydrogen-bond acceptors (Lipinski definition) is 5. The number of carbonyl (C=O) groups excluding carboxylic acids is 1. The first-order valence-electron chi connectivity index (χ1n) is 5.14. The van der Waals surface area contributed by atoms with Gasteiger partial charge in [0, 0.05) is 12.6 Å². The zero-order valence-corrected chi connectivity index (χ0v) is 10.9. The summed E-state index contributed by atoms with van der Waals surface area (Å²) >= 11 is 0. The number of carbonyl (C=O) groups is 1. The minimum Gasteiger partial charge on any atom is -0.358 e. The van der Waals surface area contributed by atoms with Gasteiger partial charge in [-0.2, -0.15) is 4.68 Å². The Kier molecular flexibility index (Phi) is 6.91. The topological polar surface area (TPSA) is 102 Å². The maximum Gasteiger partial charge on any atom is 0.389 e. The van der Waals surface area contributed by atoms with E-state index in [1.807, 2.05) is 6.92 Å². The standard InChI is InChI=1S/C9H15N5O3.ClH/c1-7(10-2)5-11-9(15)6-13-4-3-8(12-13)14(16)17;/h3-4,7,10H,5-6H2,1-2H3,(H,11,15);1H. The van der Waals surface area contributed by atoms with Gasteiger partial charge in [-0.05, 0) is 18.9 Å². The van der Waals surface area contributed by atoms with Crippen molar-refractivity contribution < 1.29 is 9.72 Å². The molecule has 0 saturated heterocycles. The van der Waals surface area contributed by atoms with Crippen LogP contribution in [0.3, 0.4) is 0 Å². The van der Waals surface area contributed by atoms with Gasteiger partial charge in [-0.3, -0.25) is 4.79 Å². The van der Waals surface area contributed by atoms with E-state index in [2.05, 4.69) is 15.7 Å². The van der Waals surface area contributed by atoms with Crippen LogP contribution < -0.4 is 10.6 Å². The molecular formula is C9H16ClN5O3. The fourth-order valence-corrected chi connectivity index (χ4v) is 1.11. The molecule has 2 N–H and O–H groups in total. The van der Waals surface area contributed by atoms with Gasteiger partial charge in [0.1, 0.15) is 6.54 Å². The lowest BCUT2D eigenvalue weighted by Gasteiger charge is -2.10. The van der Waals surface area contributed by atoms with E-state index in [1.165, 1.54) is 16.9 Å². The molecule has 1 rings (SSSR count). The number of halogens is 1. The lowest BCUT2D eigenvalue weighted by molar-refractivity contribution is -0.389. The van der Waals surface area contributed by atoms with Crippen molar-refractivity contribution in [2.75, 3.05) is 13.6 Å². The molecule has 0 aliphatic rings. The molecule has 0 fully saturated rings. The number of likely N-dealkylation sites (N-methyl/N-ethyl adjacent to an activating group) is 1. The summed E-state index contributed by atoms with van der Waals surface area (Å²) in [6, 6.07) is 1.43. The summed E-state index contributed by atoms with van der Waals surface area (Å²) < 4.78 is 1.23. The highest BCUT2D eigenvalue weighted by Crippen LogP contribution is 2.04. The maximum absolute atomic E-state index is 11.4. The van der Waals surface area contributed by atoms with Crippen LogP contribution in [-0.2, 0) is 11.3 Å². The second-order valence-corrected chi connectivity index (χ2v) is 3.62. The Hall–Kier alpha value is -1.67. The van der Waals surface area contributed by atoms with Crippen LogP contribution in [0.1, 0.15) is 6.92 Å². The van der Waals surface area contributed by atoms with Gasteiger partial charge in [0.25, 0.3) is 0 Å². The van der Waals surface area contributed by atoms with E-state index in [0.717, 1.165) is 0 Å². The monoisotopic (exact) mass is 277 g/mol. The first-order chi connectivity index (χ1) is 8.02. The van der Waals surface area contributed by atoms with Crippen molar-refractivity contribution >= 4 is 24.1 Å². The Morgan fingerprint density at radius 1 is 1.67 bits per heavy atom. The number of nitrogens with one attached hydrogen (secondary N) is 2. The highest BCUT2D eigenvalue weighted by molar-refractivity contribution is 5.85. The molecule has 0 radical (unpaired) electrons. The fourth-order valence-electron chi connectivity index (χ4n) is 1.11. The maximum atomic E-state index is 11.4. The molecule has 0 aliphatic heterocycles. The fraction of sp³-hybridized carbons (Fsp3) is 0.556. The third-order valence-electron chi connectivity index (χ3n) is 2.22. The van der Waals surface area contributed by atoms with Gasteiger partial charge in [-0.1, -0.05) is 0 Å². The van der Waals surface area contributed by atoms with Crippen LogP contribution in [0.4, 0.5) is 5.82 Å². The highest BCUT2D eigenvalue weighted by atomic mass is 35.5. The number of rotatable bonds is 6. The summed E-state index contributed by atoms with van der Waals surface area (Å²) in [5.41, 5.74) is 0. The Balaban J connectivity index is 0.00000289. The summed E-state index contributed by atoms with van der Waals surface area (Å²) in [5.74, 6) is -0.494. The summed E-state index contributed by atoms with van der Waals surface area (Å²) in [5, 5.41) is 19.7. The Labute approximate surface area is 110 Å². The molecule has 9 heteroatoms. The molecule has 0 bridgehead atoms. The second-order valence-electron chi connectivity index (χ2n) is 3.62. The van der Waals surface area contributed by atoms with Crippen LogP contribution in [0.25, 0.3) is 0 Å². The van der Waals surface area contributed by atoms with E-state index < -0.39 is 4.92 Å². The van der Waals surface area contributed by atoms with Crippen LogP contribution in [0, 0.1) is 10.1 Å². The first-order valence-corrected chi connectivity index (χ1v) is 5.14. The van der Waals surface area contributed by atoms with Crippen LogP contribution in [0.15, 0.2) is 12.3 Å². The van der Waals surface area contributed by atoms with Crippen LogP contribution in [0.2, 0.25) is 0 Å². The Morgan fingerprint density at radius 2 is 2.33 bits per heavy atom. The molecule has 0 aliphatic carbocycles. The van der Waals surface area contributed by atoms with Crippen molar-refractivity contribution in [1.29, 1.82) is 0 Å². The average molecular weight is 278 g/mol. The zero-order chi connectivity index (χ0) is 12.8. The Bertz CT molecular complexity index is 409. The van der Waals surface area contributed by atoms with Gasteiger partial charge < -0.3 is 20.7 Å². The number of nitro groups is 1. The highest BCUT2D eigenvalue weighted by Gasteiger charge is 2.13. The molecule has 8 nitrogen and oxygen atoms in total. The minimum absolute atomic E-state index is 0. The molecular weight excluding hydrogens is 262 g/mol. The minimum atomic E-state index is -0.600. The molecule has 1 atom stereocenters. The molecule has 1 unspecified atom stereocenters. The third-order valence-corrected chi connectivity index (χ3v) is 2.22. The van der Waals surface area contributed by atoms with Crippen LogP contribution >= 0.6 is 12.4 Å². The molecule has 1 heterocycles. The molecule has 0 saturated carbocycles. The molecule has 1 aromatic rings. The van der Waals surface area contributed by atoms with Crippen molar-refractivity contribution in [3.8, 4) is 0 Å². The second kappa shape index (κ2) is 7.62. The number of amides is 1. The number of nitrogens with zero attached hydrogens (tertiary/aromatic N) is 3. The quantitative estimate of drug-likeness (QED) is 0.560. The SMILES string of the molecule is CNC(C)CNC(=O)Cn1ccc([N+](=O)[O-])n1.Cl. The van der Waals surface area contributed by atoms with E-state index in [9.17, 15) is 14.9 Å². The molecule has 102 valence electrons. The lowest BCUT2D eigenvalue weighted by atomic mass is 10.3. The molecule has 0 spiro atoms. The van der Waals surface area contributed by atoms with E-state index in [1.54, 1.807) is 7.05 Å². The molecule has 1 amide bonds. The summed E-state index contributed by atoms with van der Waals surface area (Å²) in [4.78, 5) is 21.2. The molecule has 1 aromatic heterocycles. The largest absolute Gasteiger partial charge is 0.389 e. The van der Waals surface area contributed by atoms with Crippen molar-refractivity contribution in [1.82, 2.24) is 20.4 Å². The Morgan fingerprint density at radius 3 is 2.83 bits per heavy atom. The van der Waals surface area contributed by atoms with Crippen molar-refractivity contribution in [3.05, 3.63) is 22.4 Å². The number of hydrogen-bond donors (Lipinski definition) is 2. The van der Waals surface area contributed by atoms with Crippen molar-refractivity contribution in [2.45, 2.75) is 19.5 Å². The summed E-state index contributed by atoms with van der Waals surface area (Å²) in [6.45, 7) is 2.40. The van der Waals surface area contributed by atoms with E-state index in [4.69, 9.17) is 0 Å². The van der Waals surface area contributed by atoms with Gasteiger partial charge in [-0.25, -0.2) is 0 Å². The lowest BCUT2D eigenvalue weighted by Crippen LogP contribution is -2.38. The predicted octanol–water partition coefficient (Wildman–Crippen LogP) is -0.0628. The number of aromatic nitrogens is 2.